The van der Waals surface area contributed by atoms with E-state index in [1.807, 2.05) is 0 Å². The third-order valence-electron chi connectivity index (χ3n) is 1.47. The van der Waals surface area contributed by atoms with Crippen molar-refractivity contribution in [1.29, 1.82) is 0 Å². The average Bonchev–Trinajstić information content (AvgIpc) is 2.15. The number of phenolic OH excluding ortho intramolecular Hbond substituents is 2. The third-order valence-corrected chi connectivity index (χ3v) is 1.47. The molecule has 13 heavy (non-hydrogen) atoms. The molecule has 0 saturated heterocycles. The molecule has 1 rings (SSSR count). The van der Waals surface area contributed by atoms with Gasteiger partial charge in [0.1, 0.15) is 0 Å². The molecule has 0 radical (unpaired) electrons. The largest absolute Gasteiger partial charge is 0.504 e. The van der Waals surface area contributed by atoms with Crippen molar-refractivity contribution < 1.29 is 14.3 Å². The van der Waals surface area contributed by atoms with E-state index in [2.05, 4.69) is 0 Å². The molecule has 1 aromatic rings. The minimum absolute atomic E-state index is 0.0871. The van der Waals surface area contributed by atoms with Gasteiger partial charge in [0.05, 0.1) is 0 Å². The van der Waals surface area contributed by atoms with Crippen LogP contribution in [0, 0.1) is 0 Å². The summed E-state index contributed by atoms with van der Waals surface area (Å²) in [6.45, 7) is 0.546. The molecular weight excluding hydrogens is 189 g/mol. The zero-order valence-electron chi connectivity index (χ0n) is 7.50. The molecule has 1 aromatic carbocycles. The molecule has 0 unspecified atom stereocenters. The Morgan fingerprint density at radius 2 is 1.85 bits per heavy atom. The van der Waals surface area contributed by atoms with Crippen molar-refractivity contribution in [3.63, 3.8) is 0 Å². The topological polar surface area (TPSA) is 66.5 Å². The van der Waals surface area contributed by atoms with E-state index in [0.29, 0.717) is 13.0 Å². The highest BCUT2D eigenvalue weighted by molar-refractivity contribution is 5.96. The van der Waals surface area contributed by atoms with E-state index in [1.165, 1.54) is 12.1 Å². The van der Waals surface area contributed by atoms with Crippen molar-refractivity contribution in [3.05, 3.63) is 23.8 Å². The Labute approximate surface area is 79.6 Å². The number of benzene rings is 1. The van der Waals surface area contributed by atoms with Crippen LogP contribution in [0.25, 0.3) is 0 Å². The number of nitrogens with two attached hydrogens (primary N) is 1. The van der Waals surface area contributed by atoms with E-state index in [9.17, 15) is 4.11 Å². The summed E-state index contributed by atoms with van der Waals surface area (Å²) in [5.74, 6) is -0.179. The van der Waals surface area contributed by atoms with E-state index in [0.717, 1.165) is 5.56 Å². The van der Waals surface area contributed by atoms with Crippen LogP contribution >= 0.6 is 0 Å². The fourth-order valence-electron chi connectivity index (χ4n) is 0.891. The van der Waals surface area contributed by atoms with Gasteiger partial charge in [0.25, 0.3) is 0 Å². The molecule has 0 amide bonds. The molecule has 0 heterocycles. The highest BCUT2D eigenvalue weighted by atomic mass is 28.2. The summed E-state index contributed by atoms with van der Waals surface area (Å²) in [4.78, 5) is 0. The van der Waals surface area contributed by atoms with Gasteiger partial charge in [-0.25, -0.2) is 0 Å². The molecule has 0 fully saturated rings. The van der Waals surface area contributed by atoms with Crippen LogP contribution in [-0.4, -0.2) is 27.3 Å². The predicted molar refractivity (Wildman–Crippen MR) is 53.6 cm³/mol. The molecule has 0 aliphatic carbocycles. The first kappa shape index (κ1) is 11.9. The van der Waals surface area contributed by atoms with E-state index >= 15 is 0 Å². The van der Waals surface area contributed by atoms with Crippen molar-refractivity contribution in [3.8, 4) is 11.5 Å². The first-order valence-electron chi connectivity index (χ1n) is 3.83. The van der Waals surface area contributed by atoms with Gasteiger partial charge in [0.2, 0.25) is 10.6 Å². The lowest BCUT2D eigenvalue weighted by Gasteiger charge is -2.00. The summed E-state index contributed by atoms with van der Waals surface area (Å²) < 4.78 is 9.64. The first-order chi connectivity index (χ1) is 6.24. The molecule has 74 valence electrons. The Balaban J connectivity index is 0.000000671. The molecule has 0 aliphatic heterocycles. The Morgan fingerprint density at radius 1 is 1.23 bits per heavy atom. The summed E-state index contributed by atoms with van der Waals surface area (Å²) >= 11 is 0. The highest BCUT2D eigenvalue weighted by Crippen LogP contribution is 2.24. The molecule has 0 aromatic heterocycles. The number of rotatable bonds is 2. The van der Waals surface area contributed by atoms with Gasteiger partial charge in [-0.3, -0.25) is 0 Å². The minimum Gasteiger partial charge on any atom is -0.504 e. The van der Waals surface area contributed by atoms with E-state index < -0.39 is 0 Å². The number of hydrogen-bond donors (Lipinski definition) is 3. The molecular formula is C8H14FNO2Si. The molecule has 4 N–H and O–H groups in total. The lowest BCUT2D eigenvalue weighted by Crippen LogP contribution is -2.02. The average molecular weight is 203 g/mol. The summed E-state index contributed by atoms with van der Waals surface area (Å²) in [6, 6.07) is 4.71. The monoisotopic (exact) mass is 203 g/mol. The van der Waals surface area contributed by atoms with Crippen LogP contribution in [0.5, 0.6) is 11.5 Å². The second kappa shape index (κ2) is 6.44. The Morgan fingerprint density at radius 3 is 2.31 bits per heavy atom. The van der Waals surface area contributed by atoms with Crippen LogP contribution in [0.1, 0.15) is 5.56 Å². The van der Waals surface area contributed by atoms with Gasteiger partial charge in [0, 0.05) is 0 Å². The van der Waals surface area contributed by atoms with E-state index in [-0.39, 0.29) is 22.1 Å². The second-order valence-corrected chi connectivity index (χ2v) is 2.36. The number of phenols is 2. The van der Waals surface area contributed by atoms with Crippen LogP contribution in [-0.2, 0) is 6.42 Å². The molecule has 0 spiro atoms. The van der Waals surface area contributed by atoms with Crippen LogP contribution in [0.4, 0.5) is 4.11 Å². The summed E-state index contributed by atoms with van der Waals surface area (Å²) in [5, 5.41) is 18.0. The van der Waals surface area contributed by atoms with Gasteiger partial charge < -0.3 is 20.1 Å². The van der Waals surface area contributed by atoms with Crippen LogP contribution < -0.4 is 5.73 Å². The van der Waals surface area contributed by atoms with Crippen molar-refractivity contribution in [1.82, 2.24) is 0 Å². The molecule has 0 saturated carbocycles. The van der Waals surface area contributed by atoms with Crippen LogP contribution in [0.15, 0.2) is 18.2 Å². The van der Waals surface area contributed by atoms with Gasteiger partial charge in [-0.05, 0) is 30.7 Å². The first-order valence-corrected chi connectivity index (χ1v) is 4.58. The van der Waals surface area contributed by atoms with Gasteiger partial charge in [0.15, 0.2) is 11.5 Å². The molecule has 0 atom stereocenters. The highest BCUT2D eigenvalue weighted by Gasteiger charge is 1.98. The zero-order chi connectivity index (χ0) is 10.3. The smallest absolute Gasteiger partial charge is 0.201 e. The third kappa shape index (κ3) is 3.91. The van der Waals surface area contributed by atoms with Crippen molar-refractivity contribution in [2.24, 2.45) is 5.73 Å². The normalized spacial score (nSPS) is 9.08. The van der Waals surface area contributed by atoms with Gasteiger partial charge in [-0.2, -0.15) is 0 Å². The summed E-state index contributed by atoms with van der Waals surface area (Å²) in [6.07, 6.45) is 0.716. The SMILES string of the molecule is F[SiH3].NCCc1ccc(O)c(O)c1. The van der Waals surface area contributed by atoms with Crippen LogP contribution in [0.2, 0.25) is 0 Å². The predicted octanol–water partition coefficient (Wildman–Crippen LogP) is -0.165. The molecule has 3 nitrogen and oxygen atoms in total. The van der Waals surface area contributed by atoms with Crippen molar-refractivity contribution >= 4 is 10.6 Å². The van der Waals surface area contributed by atoms with Crippen LogP contribution in [0.3, 0.4) is 0 Å². The number of hydrogen-bond acceptors (Lipinski definition) is 3. The Kier molecular flexibility index (Phi) is 5.91. The standard InChI is InChI=1S/C8H11NO2.FH3Si/c9-4-3-6-1-2-7(10)8(11)5-6;1-2/h1-2,5,10-11H,3-4,9H2;2H3. The summed E-state index contributed by atoms with van der Waals surface area (Å²) in [5.41, 5.74) is 6.24. The minimum atomic E-state index is -0.194. The lowest BCUT2D eigenvalue weighted by atomic mass is 10.1. The number of aromatic hydroxyl groups is 2. The van der Waals surface area contributed by atoms with E-state index in [4.69, 9.17) is 15.9 Å². The maximum atomic E-state index is 9.64. The van der Waals surface area contributed by atoms with Crippen molar-refractivity contribution in [2.75, 3.05) is 6.54 Å². The van der Waals surface area contributed by atoms with Gasteiger partial charge >= 0.3 is 0 Å². The Hall–Kier alpha value is -1.07. The fourth-order valence-corrected chi connectivity index (χ4v) is 0.891. The molecule has 0 aliphatic rings. The quantitative estimate of drug-likeness (QED) is 0.355. The number of halogens is 1. The maximum Gasteiger partial charge on any atom is 0.201 e. The fraction of sp³-hybridized carbons (Fsp3) is 0.250. The second-order valence-electron chi connectivity index (χ2n) is 2.36. The van der Waals surface area contributed by atoms with E-state index in [1.54, 1.807) is 6.07 Å². The zero-order valence-corrected chi connectivity index (χ0v) is 9.50. The summed E-state index contributed by atoms with van der Waals surface area (Å²) in [7, 11) is -0.194. The van der Waals surface area contributed by atoms with Crippen molar-refractivity contribution in [2.45, 2.75) is 6.42 Å². The maximum absolute atomic E-state index is 9.64. The van der Waals surface area contributed by atoms with Gasteiger partial charge in [-0.15, -0.1) is 0 Å². The molecule has 0 bridgehead atoms. The molecule has 5 heteroatoms. The lowest BCUT2D eigenvalue weighted by molar-refractivity contribution is 0.403. The Bertz CT molecular complexity index is 258. The van der Waals surface area contributed by atoms with Gasteiger partial charge in [-0.1, -0.05) is 6.07 Å².